The van der Waals surface area contributed by atoms with Gasteiger partial charge in [-0.25, -0.2) is 9.18 Å². The maximum absolute atomic E-state index is 13.6. The lowest BCUT2D eigenvalue weighted by molar-refractivity contribution is 0.0695. The Bertz CT molecular complexity index is 557. The van der Waals surface area contributed by atoms with Crippen molar-refractivity contribution in [3.63, 3.8) is 0 Å². The number of ether oxygens (including phenoxy) is 1. The third-order valence-corrected chi connectivity index (χ3v) is 2.41. The van der Waals surface area contributed by atoms with E-state index in [4.69, 9.17) is 9.84 Å². The van der Waals surface area contributed by atoms with Gasteiger partial charge in [0.25, 0.3) is 0 Å². The van der Waals surface area contributed by atoms with Gasteiger partial charge >= 0.3 is 5.97 Å². The molecule has 0 saturated heterocycles. The van der Waals surface area contributed by atoms with Crippen molar-refractivity contribution in [2.24, 2.45) is 0 Å². The Morgan fingerprint density at radius 2 is 2.05 bits per heavy atom. The fourth-order valence-corrected chi connectivity index (χ4v) is 1.46. The van der Waals surface area contributed by atoms with Gasteiger partial charge in [0.1, 0.15) is 5.60 Å². The molecule has 106 valence electrons. The van der Waals surface area contributed by atoms with Crippen molar-refractivity contribution >= 4 is 5.97 Å². The molecule has 0 spiro atoms. The van der Waals surface area contributed by atoms with Gasteiger partial charge in [0, 0.05) is 0 Å². The van der Waals surface area contributed by atoms with Crippen LogP contribution in [0.15, 0.2) is 55.2 Å². The van der Waals surface area contributed by atoms with Gasteiger partial charge in [0.15, 0.2) is 11.6 Å². The van der Waals surface area contributed by atoms with Gasteiger partial charge in [0.2, 0.25) is 0 Å². The number of carboxylic acids is 1. The van der Waals surface area contributed by atoms with E-state index >= 15 is 0 Å². The molecule has 0 aliphatic rings. The van der Waals surface area contributed by atoms with Crippen LogP contribution in [0.5, 0.6) is 5.75 Å². The van der Waals surface area contributed by atoms with Crippen LogP contribution in [0.3, 0.4) is 0 Å². The normalized spacial score (nSPS) is 11.9. The molecular weight excluding hydrogens is 259 g/mol. The summed E-state index contributed by atoms with van der Waals surface area (Å²) < 4.78 is 19.2. The fourth-order valence-electron chi connectivity index (χ4n) is 1.46. The Morgan fingerprint density at radius 3 is 2.65 bits per heavy atom. The number of aromatic carboxylic acids is 1. The second-order valence-corrected chi connectivity index (χ2v) is 4.64. The van der Waals surface area contributed by atoms with E-state index in [1.54, 1.807) is 44.2 Å². The van der Waals surface area contributed by atoms with Crippen molar-refractivity contribution in [2.45, 2.75) is 19.4 Å². The molecule has 4 heteroatoms. The first-order valence-electron chi connectivity index (χ1n) is 6.04. The molecule has 1 rings (SSSR count). The minimum Gasteiger partial charge on any atom is -0.481 e. The molecule has 3 nitrogen and oxygen atoms in total. The van der Waals surface area contributed by atoms with Gasteiger partial charge in [-0.2, -0.15) is 0 Å². The summed E-state index contributed by atoms with van der Waals surface area (Å²) in [6.07, 6.45) is 8.63. The topological polar surface area (TPSA) is 46.5 Å². The van der Waals surface area contributed by atoms with Crippen LogP contribution in [-0.4, -0.2) is 16.7 Å². The Balaban J connectivity index is 2.93. The Labute approximate surface area is 117 Å². The van der Waals surface area contributed by atoms with Crippen LogP contribution in [0.1, 0.15) is 24.2 Å². The molecule has 0 saturated carbocycles. The molecule has 0 radical (unpaired) electrons. The first-order valence-corrected chi connectivity index (χ1v) is 6.04. The molecule has 1 N–H and O–H groups in total. The van der Waals surface area contributed by atoms with Crippen LogP contribution in [0.4, 0.5) is 4.39 Å². The van der Waals surface area contributed by atoms with Gasteiger partial charge in [-0.3, -0.25) is 0 Å². The molecular formula is C16H17FO3. The number of hydrogen-bond donors (Lipinski definition) is 1. The number of allylic oxidation sites excluding steroid dienone is 4. The van der Waals surface area contributed by atoms with Crippen LogP contribution in [0, 0.1) is 5.82 Å². The monoisotopic (exact) mass is 276 g/mol. The highest BCUT2D eigenvalue weighted by Crippen LogP contribution is 2.24. The molecule has 0 heterocycles. The third kappa shape index (κ3) is 4.72. The maximum Gasteiger partial charge on any atom is 0.335 e. The summed E-state index contributed by atoms with van der Waals surface area (Å²) in [5.74, 6) is -1.82. The summed E-state index contributed by atoms with van der Waals surface area (Å²) in [5, 5.41) is 8.89. The zero-order valence-electron chi connectivity index (χ0n) is 11.5. The molecule has 0 bridgehead atoms. The zero-order chi connectivity index (χ0) is 15.2. The SMILES string of the molecule is C=C/C=C\C=C\C(C)(C)Oc1cc(C(=O)O)ccc1F. The summed E-state index contributed by atoms with van der Waals surface area (Å²) in [6.45, 7) is 7.04. The average Bonchev–Trinajstić information content (AvgIpc) is 2.37. The van der Waals surface area contributed by atoms with Crippen molar-refractivity contribution in [2.75, 3.05) is 0 Å². The summed E-state index contributed by atoms with van der Waals surface area (Å²) in [6, 6.07) is 3.45. The lowest BCUT2D eigenvalue weighted by Crippen LogP contribution is -2.25. The Hall–Kier alpha value is -2.36. The highest BCUT2D eigenvalue weighted by molar-refractivity contribution is 5.88. The molecule has 0 unspecified atom stereocenters. The van der Waals surface area contributed by atoms with E-state index < -0.39 is 17.4 Å². The van der Waals surface area contributed by atoms with Crippen LogP contribution in [-0.2, 0) is 0 Å². The molecule has 0 amide bonds. The summed E-state index contributed by atoms with van der Waals surface area (Å²) in [5.41, 5.74) is -0.795. The first-order chi connectivity index (χ1) is 9.35. The van der Waals surface area contributed by atoms with Crippen molar-refractivity contribution in [3.05, 3.63) is 66.5 Å². The number of halogens is 1. The quantitative estimate of drug-likeness (QED) is 0.799. The van der Waals surface area contributed by atoms with Crippen LogP contribution in [0.2, 0.25) is 0 Å². The Morgan fingerprint density at radius 1 is 1.35 bits per heavy atom. The van der Waals surface area contributed by atoms with Crippen molar-refractivity contribution in [3.8, 4) is 5.75 Å². The predicted octanol–water partition coefficient (Wildman–Crippen LogP) is 3.98. The molecule has 1 aromatic rings. The van der Waals surface area contributed by atoms with E-state index in [1.165, 1.54) is 12.1 Å². The largest absolute Gasteiger partial charge is 0.481 e. The standard InChI is InChI=1S/C16H17FO3/c1-4-5-6-7-10-16(2,3)20-14-11-12(15(18)19)8-9-13(14)17/h4-11H,1H2,2-3H3,(H,18,19)/b6-5-,10-7+. The lowest BCUT2D eigenvalue weighted by atomic mass is 10.1. The molecule has 0 aromatic heterocycles. The third-order valence-electron chi connectivity index (χ3n) is 2.41. The van der Waals surface area contributed by atoms with Crippen LogP contribution >= 0.6 is 0 Å². The van der Waals surface area contributed by atoms with Crippen LogP contribution in [0.25, 0.3) is 0 Å². The molecule has 0 fully saturated rings. The smallest absolute Gasteiger partial charge is 0.335 e. The lowest BCUT2D eigenvalue weighted by Gasteiger charge is -2.23. The zero-order valence-corrected chi connectivity index (χ0v) is 11.5. The summed E-state index contributed by atoms with van der Waals surface area (Å²) in [4.78, 5) is 10.9. The van der Waals surface area contributed by atoms with Gasteiger partial charge < -0.3 is 9.84 Å². The van der Waals surface area contributed by atoms with E-state index in [2.05, 4.69) is 6.58 Å². The van der Waals surface area contributed by atoms with E-state index in [0.717, 1.165) is 6.07 Å². The van der Waals surface area contributed by atoms with Gasteiger partial charge in [-0.15, -0.1) is 0 Å². The Kier molecular flexibility index (Phi) is 5.26. The second-order valence-electron chi connectivity index (χ2n) is 4.64. The predicted molar refractivity (Wildman–Crippen MR) is 76.5 cm³/mol. The molecule has 0 aliphatic carbocycles. The van der Waals surface area contributed by atoms with Crippen LogP contribution < -0.4 is 4.74 Å². The molecule has 20 heavy (non-hydrogen) atoms. The van der Waals surface area contributed by atoms with E-state index in [0.29, 0.717) is 0 Å². The minimum absolute atomic E-state index is 0.0206. The highest BCUT2D eigenvalue weighted by atomic mass is 19.1. The maximum atomic E-state index is 13.6. The van der Waals surface area contributed by atoms with Gasteiger partial charge in [-0.1, -0.05) is 30.9 Å². The number of hydrogen-bond acceptors (Lipinski definition) is 2. The number of carboxylic acid groups (broad SMARTS) is 1. The summed E-state index contributed by atoms with van der Waals surface area (Å²) >= 11 is 0. The van der Waals surface area contributed by atoms with Crippen molar-refractivity contribution in [1.29, 1.82) is 0 Å². The van der Waals surface area contributed by atoms with Crippen molar-refractivity contribution < 1.29 is 19.0 Å². The van der Waals surface area contributed by atoms with Crippen molar-refractivity contribution in [1.82, 2.24) is 0 Å². The minimum atomic E-state index is -1.13. The van der Waals surface area contributed by atoms with E-state index in [-0.39, 0.29) is 11.3 Å². The second kappa shape index (κ2) is 6.70. The number of benzene rings is 1. The summed E-state index contributed by atoms with van der Waals surface area (Å²) in [7, 11) is 0. The first kappa shape index (κ1) is 15.7. The van der Waals surface area contributed by atoms with Gasteiger partial charge in [-0.05, 0) is 38.1 Å². The molecule has 0 atom stereocenters. The van der Waals surface area contributed by atoms with Gasteiger partial charge in [0.05, 0.1) is 5.56 Å². The highest BCUT2D eigenvalue weighted by Gasteiger charge is 2.19. The molecule has 1 aromatic carbocycles. The van der Waals surface area contributed by atoms with E-state index in [1.807, 2.05) is 0 Å². The number of carbonyl (C=O) groups is 1. The van der Waals surface area contributed by atoms with E-state index in [9.17, 15) is 9.18 Å². The average molecular weight is 276 g/mol. The fraction of sp³-hybridized carbons (Fsp3) is 0.188. The number of rotatable bonds is 6. The molecule has 0 aliphatic heterocycles.